The number of Topliss-reactive ketones (excluding diaryl/α,β-unsaturated/α-hetero) is 1. The van der Waals surface area contributed by atoms with Crippen LogP contribution in [0.4, 0.5) is 0 Å². The van der Waals surface area contributed by atoms with Gasteiger partial charge in [0.05, 0.1) is 5.60 Å². The van der Waals surface area contributed by atoms with Crippen molar-refractivity contribution in [2.24, 2.45) is 40.4 Å². The normalized spacial score (nSPS) is 55.0. The first-order valence-electron chi connectivity index (χ1n) is 10.4. The molecule has 0 amide bonds. The predicted octanol–water partition coefficient (Wildman–Crippen LogP) is 4.60. The molecule has 25 heavy (non-hydrogen) atoms. The molecule has 0 aliphatic heterocycles. The molecule has 0 aromatic heterocycles. The summed E-state index contributed by atoms with van der Waals surface area (Å²) in [5, 5.41) is 11.3. The van der Waals surface area contributed by atoms with Crippen LogP contribution in [0.2, 0.25) is 0 Å². The first-order chi connectivity index (χ1) is 11.8. The summed E-state index contributed by atoms with van der Waals surface area (Å²) < 4.78 is 0. The van der Waals surface area contributed by atoms with Gasteiger partial charge in [0.25, 0.3) is 0 Å². The summed E-state index contributed by atoms with van der Waals surface area (Å²) in [6.07, 6.45) is 14.4. The summed E-state index contributed by atoms with van der Waals surface area (Å²) in [4.78, 5) is 12.2. The molecule has 0 bridgehead atoms. The largest absolute Gasteiger partial charge is 0.388 e. The van der Waals surface area contributed by atoms with Crippen molar-refractivity contribution < 1.29 is 9.90 Å². The van der Waals surface area contributed by atoms with Crippen molar-refractivity contribution in [2.75, 3.05) is 0 Å². The quantitative estimate of drug-likeness (QED) is 0.707. The molecule has 1 N–H and O–H groups in total. The molecule has 0 aromatic rings. The van der Waals surface area contributed by atoms with Gasteiger partial charge in [-0.2, -0.15) is 0 Å². The Balaban J connectivity index is 1.66. The van der Waals surface area contributed by atoms with Gasteiger partial charge in [0.1, 0.15) is 5.78 Å². The topological polar surface area (TPSA) is 37.3 Å². The molecule has 0 aromatic carbocycles. The Morgan fingerprint density at radius 3 is 2.56 bits per heavy atom. The van der Waals surface area contributed by atoms with Gasteiger partial charge in [-0.1, -0.05) is 20.8 Å². The van der Waals surface area contributed by atoms with Gasteiger partial charge in [-0.15, -0.1) is 12.3 Å². The zero-order valence-corrected chi connectivity index (χ0v) is 16.2. The Morgan fingerprint density at radius 2 is 1.84 bits per heavy atom. The Bertz CT molecular complexity index is 618. The van der Waals surface area contributed by atoms with Crippen LogP contribution in [0.5, 0.6) is 0 Å². The van der Waals surface area contributed by atoms with E-state index in [1.165, 1.54) is 19.3 Å². The van der Waals surface area contributed by atoms with E-state index in [0.717, 1.165) is 38.0 Å². The fourth-order valence-electron chi connectivity index (χ4n) is 8.05. The minimum atomic E-state index is -0.663. The smallest absolute Gasteiger partial charge is 0.133 e. The lowest BCUT2D eigenvalue weighted by Gasteiger charge is -2.62. The van der Waals surface area contributed by atoms with Gasteiger partial charge in [0.15, 0.2) is 0 Å². The van der Waals surface area contributed by atoms with Gasteiger partial charge in [-0.05, 0) is 73.5 Å². The van der Waals surface area contributed by atoms with E-state index in [4.69, 9.17) is 6.42 Å². The van der Waals surface area contributed by atoms with Crippen molar-refractivity contribution in [2.45, 2.75) is 84.2 Å². The lowest BCUT2D eigenvalue weighted by molar-refractivity contribution is -0.167. The number of rotatable bonds is 1. The fourth-order valence-corrected chi connectivity index (χ4v) is 8.05. The maximum Gasteiger partial charge on any atom is 0.133 e. The molecule has 2 heteroatoms. The number of ketones is 1. The number of carbonyl (C=O) groups excluding carboxylic acids is 1. The number of aliphatic hydroxyl groups is 1. The number of carbonyl (C=O) groups is 1. The fraction of sp³-hybridized carbons (Fsp3) is 0.870. The molecule has 4 aliphatic rings. The number of terminal acetylenes is 1. The van der Waals surface area contributed by atoms with Crippen LogP contribution in [0.3, 0.4) is 0 Å². The van der Waals surface area contributed by atoms with Crippen molar-refractivity contribution in [3.63, 3.8) is 0 Å². The standard InChI is InChI=1S/C23H34O2/c1-5-10-23(25)12-9-19-18-7-6-16-14-17(24)13-15(2)22(16,4)20(18)8-11-21(19,23)3/h1,15-16,18-20,25H,6-14H2,2-4H3/t15-,16-,18-,19-,20-,21-,22-,23-/m0/s1. The number of hydrogen-bond acceptors (Lipinski definition) is 2. The van der Waals surface area contributed by atoms with Crippen molar-refractivity contribution in [1.29, 1.82) is 0 Å². The third kappa shape index (κ3) is 2.18. The first-order valence-corrected chi connectivity index (χ1v) is 10.4. The molecule has 4 aliphatic carbocycles. The summed E-state index contributed by atoms with van der Waals surface area (Å²) >= 11 is 0. The van der Waals surface area contributed by atoms with Crippen LogP contribution in [-0.4, -0.2) is 16.5 Å². The highest BCUT2D eigenvalue weighted by Crippen LogP contribution is 2.69. The van der Waals surface area contributed by atoms with Crippen molar-refractivity contribution >= 4 is 5.78 Å². The monoisotopic (exact) mass is 342 g/mol. The van der Waals surface area contributed by atoms with Crippen LogP contribution >= 0.6 is 0 Å². The lowest BCUT2D eigenvalue weighted by atomic mass is 9.42. The zero-order valence-electron chi connectivity index (χ0n) is 16.2. The molecular weight excluding hydrogens is 308 g/mol. The minimum absolute atomic E-state index is 0.0164. The molecular formula is C23H34O2. The Kier molecular flexibility index (Phi) is 3.94. The summed E-state index contributed by atoms with van der Waals surface area (Å²) in [6, 6.07) is 0. The first kappa shape index (κ1) is 17.6. The third-order valence-electron chi connectivity index (χ3n) is 9.75. The third-order valence-corrected chi connectivity index (χ3v) is 9.75. The molecule has 4 saturated carbocycles. The van der Waals surface area contributed by atoms with Crippen molar-refractivity contribution in [3.8, 4) is 12.3 Å². The highest BCUT2D eigenvalue weighted by atomic mass is 16.3. The van der Waals surface area contributed by atoms with Gasteiger partial charge in [-0.3, -0.25) is 4.79 Å². The maximum atomic E-state index is 12.2. The molecule has 8 atom stereocenters. The van der Waals surface area contributed by atoms with Gasteiger partial charge in [0.2, 0.25) is 0 Å². The van der Waals surface area contributed by atoms with Crippen molar-refractivity contribution in [3.05, 3.63) is 0 Å². The van der Waals surface area contributed by atoms with E-state index in [1.54, 1.807) is 0 Å². The number of fused-ring (bicyclic) bond motifs is 5. The molecule has 0 radical (unpaired) electrons. The Morgan fingerprint density at radius 1 is 1.12 bits per heavy atom. The van der Waals surface area contributed by atoms with Crippen LogP contribution in [0, 0.1) is 52.8 Å². The number of hydrogen-bond donors (Lipinski definition) is 1. The van der Waals surface area contributed by atoms with Gasteiger partial charge < -0.3 is 5.11 Å². The second-order valence-electron chi connectivity index (χ2n) is 10.3. The predicted molar refractivity (Wildman–Crippen MR) is 99.7 cm³/mol. The second-order valence-corrected chi connectivity index (χ2v) is 10.3. The van der Waals surface area contributed by atoms with E-state index in [9.17, 15) is 9.90 Å². The molecule has 4 fully saturated rings. The van der Waals surface area contributed by atoms with Crippen LogP contribution in [0.25, 0.3) is 0 Å². The molecule has 2 nitrogen and oxygen atoms in total. The highest BCUT2D eigenvalue weighted by Gasteiger charge is 2.65. The summed E-state index contributed by atoms with van der Waals surface area (Å²) in [5.41, 5.74) is -0.369. The molecule has 0 spiro atoms. The van der Waals surface area contributed by atoms with Gasteiger partial charge in [-0.25, -0.2) is 0 Å². The average molecular weight is 343 g/mol. The molecule has 0 unspecified atom stereocenters. The summed E-state index contributed by atoms with van der Waals surface area (Å²) in [6.45, 7) is 7.14. The molecule has 138 valence electrons. The van der Waals surface area contributed by atoms with E-state index < -0.39 is 5.60 Å². The summed E-state index contributed by atoms with van der Waals surface area (Å²) in [7, 11) is 0. The van der Waals surface area contributed by atoms with E-state index in [1.807, 2.05) is 0 Å². The molecule has 0 heterocycles. The SMILES string of the molecule is C#CC[C@]1(O)CC[C@H]2[C@@H]3CC[C@H]4CC(=O)C[C@H](C)[C@]4(C)[C@H]3CC[C@@]21C. The highest BCUT2D eigenvalue weighted by molar-refractivity contribution is 5.80. The van der Waals surface area contributed by atoms with Gasteiger partial charge in [0, 0.05) is 24.7 Å². The second kappa shape index (κ2) is 5.59. The maximum absolute atomic E-state index is 12.2. The van der Waals surface area contributed by atoms with Crippen LogP contribution in [-0.2, 0) is 4.79 Å². The van der Waals surface area contributed by atoms with Gasteiger partial charge >= 0.3 is 0 Å². The van der Waals surface area contributed by atoms with Crippen LogP contribution < -0.4 is 0 Å². The van der Waals surface area contributed by atoms with Crippen LogP contribution in [0.1, 0.15) is 78.6 Å². The Hall–Kier alpha value is -0.810. The van der Waals surface area contributed by atoms with E-state index in [0.29, 0.717) is 41.3 Å². The van der Waals surface area contributed by atoms with Crippen LogP contribution in [0.15, 0.2) is 0 Å². The molecule has 0 saturated heterocycles. The summed E-state index contributed by atoms with van der Waals surface area (Å²) in [5.74, 6) is 6.36. The zero-order chi connectivity index (χ0) is 18.0. The van der Waals surface area contributed by atoms with Crippen molar-refractivity contribution in [1.82, 2.24) is 0 Å². The Labute approximate surface area is 153 Å². The minimum Gasteiger partial charge on any atom is -0.388 e. The lowest BCUT2D eigenvalue weighted by Crippen LogP contribution is -2.58. The van der Waals surface area contributed by atoms with E-state index in [2.05, 4.69) is 26.7 Å². The van der Waals surface area contributed by atoms with E-state index in [-0.39, 0.29) is 5.41 Å². The average Bonchev–Trinajstić information content (AvgIpc) is 2.81. The van der Waals surface area contributed by atoms with E-state index >= 15 is 0 Å². The molecule has 4 rings (SSSR count).